The summed E-state index contributed by atoms with van der Waals surface area (Å²) < 4.78 is 5.43. The predicted octanol–water partition coefficient (Wildman–Crippen LogP) is 3.62. The number of nitrogens with one attached hydrogen (secondary N) is 1. The van der Waals surface area contributed by atoms with Crippen LogP contribution in [0.2, 0.25) is 0 Å². The summed E-state index contributed by atoms with van der Waals surface area (Å²) in [6.07, 6.45) is 1.95. The SMILES string of the molecule is CSc1cccc(-c2nnc(NC(=O)c3ccccc3[N+](=O)[O-])o2)c1. The molecule has 0 atom stereocenters. The summed E-state index contributed by atoms with van der Waals surface area (Å²) in [6, 6.07) is 13.0. The van der Waals surface area contributed by atoms with Crippen LogP contribution < -0.4 is 5.32 Å². The van der Waals surface area contributed by atoms with Crippen molar-refractivity contribution in [3.05, 3.63) is 64.2 Å². The Bertz CT molecular complexity index is 941. The van der Waals surface area contributed by atoms with E-state index in [0.717, 1.165) is 4.90 Å². The molecule has 9 heteroatoms. The van der Waals surface area contributed by atoms with Gasteiger partial charge in [0.1, 0.15) is 5.56 Å². The highest BCUT2D eigenvalue weighted by Crippen LogP contribution is 2.25. The fourth-order valence-electron chi connectivity index (χ4n) is 2.14. The Morgan fingerprint density at radius 2 is 2.00 bits per heavy atom. The van der Waals surface area contributed by atoms with Gasteiger partial charge in [0.2, 0.25) is 5.89 Å². The van der Waals surface area contributed by atoms with Gasteiger partial charge in [0.25, 0.3) is 11.6 Å². The van der Waals surface area contributed by atoms with Gasteiger partial charge >= 0.3 is 6.01 Å². The van der Waals surface area contributed by atoms with E-state index in [1.165, 1.54) is 24.3 Å². The molecule has 0 aliphatic rings. The Kier molecular flexibility index (Phi) is 4.75. The number of carbonyl (C=O) groups is 1. The highest BCUT2D eigenvalue weighted by atomic mass is 32.2. The lowest BCUT2D eigenvalue weighted by Crippen LogP contribution is -2.14. The molecule has 0 aliphatic carbocycles. The van der Waals surface area contributed by atoms with Crippen molar-refractivity contribution in [3.63, 3.8) is 0 Å². The molecule has 1 amide bonds. The number of nitro groups is 1. The minimum absolute atomic E-state index is 0.0865. The third kappa shape index (κ3) is 3.66. The summed E-state index contributed by atoms with van der Waals surface area (Å²) in [7, 11) is 0. The quantitative estimate of drug-likeness (QED) is 0.422. The second-order valence-electron chi connectivity index (χ2n) is 4.87. The monoisotopic (exact) mass is 356 g/mol. The normalized spacial score (nSPS) is 10.4. The lowest BCUT2D eigenvalue weighted by molar-refractivity contribution is -0.385. The van der Waals surface area contributed by atoms with Gasteiger partial charge in [0, 0.05) is 16.5 Å². The molecule has 1 heterocycles. The van der Waals surface area contributed by atoms with Crippen molar-refractivity contribution in [2.24, 2.45) is 0 Å². The standard InChI is InChI=1S/C16H12N4O4S/c1-25-11-6-4-5-10(9-11)15-18-19-16(24-15)17-14(21)12-7-2-3-8-13(12)20(22)23/h2-9H,1H3,(H,17,19,21). The van der Waals surface area contributed by atoms with Crippen LogP contribution in [-0.2, 0) is 0 Å². The molecule has 2 aromatic carbocycles. The zero-order valence-corrected chi connectivity index (χ0v) is 13.8. The molecule has 0 aliphatic heterocycles. The smallest absolute Gasteiger partial charge is 0.322 e. The number of hydrogen-bond donors (Lipinski definition) is 1. The van der Waals surface area contributed by atoms with Gasteiger partial charge in [0.15, 0.2) is 0 Å². The van der Waals surface area contributed by atoms with Gasteiger partial charge in [-0.15, -0.1) is 16.9 Å². The van der Waals surface area contributed by atoms with Crippen LogP contribution in [0.3, 0.4) is 0 Å². The number of nitro benzene ring substituents is 1. The number of carbonyl (C=O) groups excluding carboxylic acids is 1. The summed E-state index contributed by atoms with van der Waals surface area (Å²) in [5.41, 5.74) is 0.328. The molecule has 0 spiro atoms. The number of aromatic nitrogens is 2. The number of nitrogens with zero attached hydrogens (tertiary/aromatic N) is 3. The van der Waals surface area contributed by atoms with Gasteiger partial charge in [0.05, 0.1) is 4.92 Å². The van der Waals surface area contributed by atoms with E-state index < -0.39 is 10.8 Å². The largest absolute Gasteiger partial charge is 0.403 e. The molecule has 1 N–H and O–H groups in total. The number of amides is 1. The zero-order valence-electron chi connectivity index (χ0n) is 13.0. The summed E-state index contributed by atoms with van der Waals surface area (Å²) in [6.45, 7) is 0. The van der Waals surface area contributed by atoms with Gasteiger partial charge in [-0.2, -0.15) is 0 Å². The molecule has 126 valence electrons. The van der Waals surface area contributed by atoms with Crippen molar-refractivity contribution in [2.75, 3.05) is 11.6 Å². The highest BCUT2D eigenvalue weighted by molar-refractivity contribution is 7.98. The number of para-hydroxylation sites is 1. The van der Waals surface area contributed by atoms with Crippen molar-refractivity contribution in [2.45, 2.75) is 4.90 Å². The zero-order chi connectivity index (χ0) is 17.8. The van der Waals surface area contributed by atoms with E-state index in [1.807, 2.05) is 24.5 Å². The molecule has 0 unspecified atom stereocenters. The van der Waals surface area contributed by atoms with Crippen molar-refractivity contribution >= 4 is 29.4 Å². The topological polar surface area (TPSA) is 111 Å². The summed E-state index contributed by atoms with van der Waals surface area (Å²) >= 11 is 1.57. The van der Waals surface area contributed by atoms with Crippen LogP contribution in [0.5, 0.6) is 0 Å². The predicted molar refractivity (Wildman–Crippen MR) is 92.6 cm³/mol. The Labute approximate surface area is 146 Å². The Hall–Kier alpha value is -3.20. The third-order valence-electron chi connectivity index (χ3n) is 3.31. The second-order valence-corrected chi connectivity index (χ2v) is 5.75. The molecular weight excluding hydrogens is 344 g/mol. The first-order chi connectivity index (χ1) is 12.1. The lowest BCUT2D eigenvalue weighted by atomic mass is 10.1. The maximum atomic E-state index is 12.2. The van der Waals surface area contributed by atoms with Gasteiger partial charge in [-0.1, -0.05) is 23.3 Å². The fourth-order valence-corrected chi connectivity index (χ4v) is 2.60. The first kappa shape index (κ1) is 16.7. The highest BCUT2D eigenvalue weighted by Gasteiger charge is 2.21. The molecule has 3 rings (SSSR count). The second kappa shape index (κ2) is 7.14. The lowest BCUT2D eigenvalue weighted by Gasteiger charge is -2.01. The van der Waals surface area contributed by atoms with E-state index in [9.17, 15) is 14.9 Å². The summed E-state index contributed by atoms with van der Waals surface area (Å²) in [4.78, 5) is 23.6. The Morgan fingerprint density at radius 1 is 1.20 bits per heavy atom. The third-order valence-corrected chi connectivity index (χ3v) is 4.03. The van der Waals surface area contributed by atoms with E-state index in [2.05, 4.69) is 15.5 Å². The van der Waals surface area contributed by atoms with E-state index in [-0.39, 0.29) is 23.2 Å². The molecule has 25 heavy (non-hydrogen) atoms. The van der Waals surface area contributed by atoms with Gasteiger partial charge in [-0.25, -0.2) is 0 Å². The van der Waals surface area contributed by atoms with Crippen LogP contribution in [0.15, 0.2) is 57.8 Å². The minimum Gasteiger partial charge on any atom is -0.403 e. The van der Waals surface area contributed by atoms with Crippen LogP contribution in [0.1, 0.15) is 10.4 Å². The van der Waals surface area contributed by atoms with Crippen LogP contribution >= 0.6 is 11.8 Å². The average Bonchev–Trinajstić information content (AvgIpc) is 3.10. The molecular formula is C16H12N4O4S. The fraction of sp³-hybridized carbons (Fsp3) is 0.0625. The number of hydrogen-bond acceptors (Lipinski definition) is 7. The van der Waals surface area contributed by atoms with Crippen molar-refractivity contribution < 1.29 is 14.1 Å². The van der Waals surface area contributed by atoms with Crippen molar-refractivity contribution in [3.8, 4) is 11.5 Å². The van der Waals surface area contributed by atoms with Crippen LogP contribution in [0.25, 0.3) is 11.5 Å². The Morgan fingerprint density at radius 3 is 2.76 bits per heavy atom. The van der Waals surface area contributed by atoms with Crippen LogP contribution in [0, 0.1) is 10.1 Å². The van der Waals surface area contributed by atoms with E-state index in [0.29, 0.717) is 5.56 Å². The number of rotatable bonds is 5. The first-order valence-electron chi connectivity index (χ1n) is 7.11. The minimum atomic E-state index is -0.694. The molecule has 1 aromatic heterocycles. The number of thioether (sulfide) groups is 1. The van der Waals surface area contributed by atoms with E-state index in [4.69, 9.17) is 4.42 Å². The molecule has 3 aromatic rings. The maximum Gasteiger partial charge on any atom is 0.322 e. The maximum absolute atomic E-state index is 12.2. The molecule has 0 bridgehead atoms. The van der Waals surface area contributed by atoms with Crippen molar-refractivity contribution in [1.82, 2.24) is 10.2 Å². The molecule has 0 saturated heterocycles. The van der Waals surface area contributed by atoms with Crippen LogP contribution in [0.4, 0.5) is 11.7 Å². The van der Waals surface area contributed by atoms with E-state index in [1.54, 1.807) is 17.8 Å². The van der Waals surface area contributed by atoms with Gasteiger partial charge in [-0.05, 0) is 30.5 Å². The molecule has 8 nitrogen and oxygen atoms in total. The summed E-state index contributed by atoms with van der Waals surface area (Å²) in [5.74, 6) is -0.450. The number of benzene rings is 2. The van der Waals surface area contributed by atoms with E-state index >= 15 is 0 Å². The molecule has 0 saturated carbocycles. The molecule has 0 fully saturated rings. The first-order valence-corrected chi connectivity index (χ1v) is 8.33. The average molecular weight is 356 g/mol. The number of anilines is 1. The van der Waals surface area contributed by atoms with Crippen molar-refractivity contribution in [1.29, 1.82) is 0 Å². The van der Waals surface area contributed by atoms with Crippen LogP contribution in [-0.4, -0.2) is 27.3 Å². The van der Waals surface area contributed by atoms with Gasteiger partial charge in [-0.3, -0.25) is 20.2 Å². The van der Waals surface area contributed by atoms with Gasteiger partial charge < -0.3 is 4.42 Å². The Balaban J connectivity index is 1.82. The summed E-state index contributed by atoms with van der Waals surface area (Å²) in [5, 5.41) is 21.0. The molecule has 0 radical (unpaired) electrons.